The molecule has 8 heteroatoms. The van der Waals surface area contributed by atoms with Crippen LogP contribution in [0, 0.1) is 5.92 Å². The molecular formula is C16H22F2N6. The second-order valence-electron chi connectivity index (χ2n) is 6.17. The molecule has 0 spiro atoms. The average molecular weight is 336 g/mol. The summed E-state index contributed by atoms with van der Waals surface area (Å²) in [6.45, 7) is 2.08. The molecule has 130 valence electrons. The molecule has 0 atom stereocenters. The van der Waals surface area contributed by atoms with E-state index in [0.717, 1.165) is 11.6 Å². The summed E-state index contributed by atoms with van der Waals surface area (Å²) in [6.07, 6.45) is 4.30. The van der Waals surface area contributed by atoms with Crippen molar-refractivity contribution in [3.05, 3.63) is 30.9 Å². The van der Waals surface area contributed by atoms with E-state index in [0.29, 0.717) is 32.5 Å². The van der Waals surface area contributed by atoms with Crippen LogP contribution in [0.4, 0.5) is 20.4 Å². The second kappa shape index (κ2) is 7.55. The third kappa shape index (κ3) is 4.87. The van der Waals surface area contributed by atoms with Gasteiger partial charge in [-0.2, -0.15) is 5.10 Å². The summed E-state index contributed by atoms with van der Waals surface area (Å²) < 4.78 is 28.1. The SMILES string of the molecule is FC1(F)CCC(CNc2cccc(NCCn3cncn3)n2)CC1. The highest BCUT2D eigenvalue weighted by molar-refractivity contribution is 5.45. The van der Waals surface area contributed by atoms with Crippen LogP contribution in [0.25, 0.3) is 0 Å². The number of hydrogen-bond acceptors (Lipinski definition) is 5. The van der Waals surface area contributed by atoms with Crippen molar-refractivity contribution in [3.8, 4) is 0 Å². The molecule has 0 unspecified atom stereocenters. The lowest BCUT2D eigenvalue weighted by atomic mass is 9.87. The Balaban J connectivity index is 1.43. The van der Waals surface area contributed by atoms with Crippen molar-refractivity contribution in [1.82, 2.24) is 19.7 Å². The smallest absolute Gasteiger partial charge is 0.248 e. The minimum absolute atomic E-state index is 0.00332. The molecule has 0 aromatic carbocycles. The van der Waals surface area contributed by atoms with E-state index >= 15 is 0 Å². The summed E-state index contributed by atoms with van der Waals surface area (Å²) in [7, 11) is 0. The molecule has 0 saturated heterocycles. The molecule has 2 heterocycles. The minimum Gasteiger partial charge on any atom is -0.370 e. The van der Waals surface area contributed by atoms with Crippen LogP contribution in [0.15, 0.2) is 30.9 Å². The van der Waals surface area contributed by atoms with E-state index in [1.807, 2.05) is 18.2 Å². The number of anilines is 2. The third-order valence-corrected chi connectivity index (χ3v) is 4.27. The molecule has 1 aliphatic rings. The number of halogens is 2. The molecule has 24 heavy (non-hydrogen) atoms. The maximum absolute atomic E-state index is 13.2. The van der Waals surface area contributed by atoms with Crippen molar-refractivity contribution in [1.29, 1.82) is 0 Å². The number of rotatable bonds is 7. The van der Waals surface area contributed by atoms with Gasteiger partial charge in [0.05, 0.1) is 6.54 Å². The normalized spacial score (nSPS) is 17.6. The largest absolute Gasteiger partial charge is 0.370 e. The Bertz CT molecular complexity index is 621. The summed E-state index contributed by atoms with van der Waals surface area (Å²) in [5.74, 6) is -0.647. The number of nitrogens with one attached hydrogen (secondary N) is 2. The summed E-state index contributed by atoms with van der Waals surface area (Å²) >= 11 is 0. The molecule has 2 aromatic rings. The number of hydrogen-bond donors (Lipinski definition) is 2. The van der Waals surface area contributed by atoms with Crippen molar-refractivity contribution in [2.45, 2.75) is 38.2 Å². The first-order valence-electron chi connectivity index (χ1n) is 8.26. The van der Waals surface area contributed by atoms with Gasteiger partial charge in [0.1, 0.15) is 24.3 Å². The highest BCUT2D eigenvalue weighted by Gasteiger charge is 2.34. The molecule has 2 aromatic heterocycles. The summed E-state index contributed by atoms with van der Waals surface area (Å²) in [4.78, 5) is 8.38. The quantitative estimate of drug-likeness (QED) is 0.813. The zero-order valence-corrected chi connectivity index (χ0v) is 13.5. The molecule has 2 N–H and O–H groups in total. The van der Waals surface area contributed by atoms with Crippen LogP contribution >= 0.6 is 0 Å². The zero-order valence-electron chi connectivity index (χ0n) is 13.5. The van der Waals surface area contributed by atoms with Crippen molar-refractivity contribution in [3.63, 3.8) is 0 Å². The van der Waals surface area contributed by atoms with Crippen LogP contribution < -0.4 is 10.6 Å². The number of nitrogens with zero attached hydrogens (tertiary/aromatic N) is 4. The van der Waals surface area contributed by atoms with E-state index in [-0.39, 0.29) is 18.8 Å². The van der Waals surface area contributed by atoms with Crippen LogP contribution in [0.2, 0.25) is 0 Å². The van der Waals surface area contributed by atoms with Gasteiger partial charge in [0, 0.05) is 25.9 Å². The maximum Gasteiger partial charge on any atom is 0.248 e. The van der Waals surface area contributed by atoms with Gasteiger partial charge in [0.15, 0.2) is 0 Å². The standard InChI is InChI=1S/C16H22F2N6/c17-16(18)6-4-13(5-7-16)10-21-15-3-1-2-14(23-15)20-8-9-24-12-19-11-22-24/h1-3,11-13H,4-10H2,(H2,20,21,23). The van der Waals surface area contributed by atoms with E-state index in [1.54, 1.807) is 11.0 Å². The van der Waals surface area contributed by atoms with Gasteiger partial charge in [0.2, 0.25) is 5.92 Å². The fourth-order valence-corrected chi connectivity index (χ4v) is 2.83. The van der Waals surface area contributed by atoms with Crippen LogP contribution in [-0.4, -0.2) is 38.8 Å². The summed E-state index contributed by atoms with van der Waals surface area (Å²) in [6, 6.07) is 5.70. The molecule has 1 aliphatic carbocycles. The van der Waals surface area contributed by atoms with Crippen LogP contribution in [0.5, 0.6) is 0 Å². The van der Waals surface area contributed by atoms with E-state index in [2.05, 4.69) is 25.7 Å². The van der Waals surface area contributed by atoms with Crippen molar-refractivity contribution >= 4 is 11.6 Å². The fraction of sp³-hybridized carbons (Fsp3) is 0.562. The Hall–Kier alpha value is -2.25. The molecule has 1 saturated carbocycles. The van der Waals surface area contributed by atoms with Crippen molar-refractivity contribution in [2.75, 3.05) is 23.7 Å². The molecule has 6 nitrogen and oxygen atoms in total. The van der Waals surface area contributed by atoms with Crippen LogP contribution in [0.1, 0.15) is 25.7 Å². The van der Waals surface area contributed by atoms with E-state index < -0.39 is 5.92 Å². The Morgan fingerprint density at radius 1 is 1.17 bits per heavy atom. The van der Waals surface area contributed by atoms with Crippen molar-refractivity contribution < 1.29 is 8.78 Å². The van der Waals surface area contributed by atoms with E-state index in [1.165, 1.54) is 6.33 Å². The first kappa shape index (κ1) is 16.6. The van der Waals surface area contributed by atoms with Gasteiger partial charge >= 0.3 is 0 Å². The van der Waals surface area contributed by atoms with Gasteiger partial charge in [-0.25, -0.2) is 18.7 Å². The van der Waals surface area contributed by atoms with E-state index in [9.17, 15) is 8.78 Å². The molecule has 0 amide bonds. The lowest BCUT2D eigenvalue weighted by Crippen LogP contribution is -2.28. The number of aromatic nitrogens is 4. The lowest BCUT2D eigenvalue weighted by molar-refractivity contribution is -0.0443. The highest BCUT2D eigenvalue weighted by atomic mass is 19.3. The van der Waals surface area contributed by atoms with Gasteiger partial charge < -0.3 is 10.6 Å². The van der Waals surface area contributed by atoms with Gasteiger partial charge in [-0.1, -0.05) is 6.07 Å². The molecule has 0 aliphatic heterocycles. The predicted molar refractivity (Wildman–Crippen MR) is 88.1 cm³/mol. The van der Waals surface area contributed by atoms with Gasteiger partial charge in [0.25, 0.3) is 0 Å². The monoisotopic (exact) mass is 336 g/mol. The Morgan fingerprint density at radius 3 is 2.62 bits per heavy atom. The Kier molecular flexibility index (Phi) is 5.22. The third-order valence-electron chi connectivity index (χ3n) is 4.27. The van der Waals surface area contributed by atoms with Crippen LogP contribution in [-0.2, 0) is 6.54 Å². The highest BCUT2D eigenvalue weighted by Crippen LogP contribution is 2.36. The molecule has 0 bridgehead atoms. The fourth-order valence-electron chi connectivity index (χ4n) is 2.83. The number of pyridine rings is 1. The summed E-state index contributed by atoms with van der Waals surface area (Å²) in [5.41, 5.74) is 0. The predicted octanol–water partition coefficient (Wildman–Crippen LogP) is 3.02. The second-order valence-corrected chi connectivity index (χ2v) is 6.17. The van der Waals surface area contributed by atoms with Crippen molar-refractivity contribution in [2.24, 2.45) is 5.92 Å². The topological polar surface area (TPSA) is 67.7 Å². The Morgan fingerprint density at radius 2 is 1.92 bits per heavy atom. The molecule has 1 fully saturated rings. The molecular weight excluding hydrogens is 314 g/mol. The first-order chi connectivity index (χ1) is 11.6. The zero-order chi connectivity index (χ0) is 16.8. The average Bonchev–Trinajstić information content (AvgIpc) is 3.08. The molecule has 3 rings (SSSR count). The van der Waals surface area contributed by atoms with Gasteiger partial charge in [-0.05, 0) is 30.9 Å². The Labute approximate surface area is 139 Å². The maximum atomic E-state index is 13.2. The first-order valence-corrected chi connectivity index (χ1v) is 8.26. The minimum atomic E-state index is -2.47. The van der Waals surface area contributed by atoms with E-state index in [4.69, 9.17) is 0 Å². The van der Waals surface area contributed by atoms with Crippen LogP contribution in [0.3, 0.4) is 0 Å². The van der Waals surface area contributed by atoms with Gasteiger partial charge in [-0.15, -0.1) is 0 Å². The molecule has 0 radical (unpaired) electrons. The lowest BCUT2D eigenvalue weighted by Gasteiger charge is -2.28. The van der Waals surface area contributed by atoms with Gasteiger partial charge in [-0.3, -0.25) is 4.68 Å². The summed E-state index contributed by atoms with van der Waals surface area (Å²) in [5, 5.41) is 10.5. The number of alkyl halides is 2.